The van der Waals surface area contributed by atoms with Crippen LogP contribution in [0.1, 0.15) is 31.4 Å². The molecule has 1 aromatic carbocycles. The van der Waals surface area contributed by atoms with Gasteiger partial charge in [0.05, 0.1) is 0 Å². The Morgan fingerprint density at radius 2 is 2.18 bits per heavy atom. The number of halogens is 2. The van der Waals surface area contributed by atoms with Crippen molar-refractivity contribution in [3.63, 3.8) is 0 Å². The van der Waals surface area contributed by atoms with Crippen molar-refractivity contribution in [3.05, 3.63) is 34.1 Å². The van der Waals surface area contributed by atoms with E-state index in [1.807, 2.05) is 6.07 Å². The average Bonchev–Trinajstić information content (AvgIpc) is 2.27. The van der Waals surface area contributed by atoms with Gasteiger partial charge in [-0.15, -0.1) is 0 Å². The molecule has 17 heavy (non-hydrogen) atoms. The molecule has 0 aliphatic rings. The van der Waals surface area contributed by atoms with Gasteiger partial charge in [-0.3, -0.25) is 0 Å². The van der Waals surface area contributed by atoms with E-state index < -0.39 is 0 Å². The van der Waals surface area contributed by atoms with Crippen molar-refractivity contribution < 1.29 is 9.13 Å². The van der Waals surface area contributed by atoms with Crippen molar-refractivity contribution in [2.75, 3.05) is 20.3 Å². The molecule has 1 unspecified atom stereocenters. The maximum atomic E-state index is 13.3. The quantitative estimate of drug-likeness (QED) is 0.776. The highest BCUT2D eigenvalue weighted by Gasteiger charge is 2.11. The minimum absolute atomic E-state index is 0.183. The standard InChI is InChI=1S/C13H19BrFNO/c1-3-16-13(5-4-6-17-2)10-7-11(14)9-12(15)8-10/h7-9,13,16H,3-6H2,1-2H3. The minimum Gasteiger partial charge on any atom is -0.385 e. The van der Waals surface area contributed by atoms with Crippen molar-refractivity contribution >= 4 is 15.9 Å². The van der Waals surface area contributed by atoms with Gasteiger partial charge in [-0.1, -0.05) is 22.9 Å². The van der Waals surface area contributed by atoms with Crippen LogP contribution in [0.15, 0.2) is 22.7 Å². The Morgan fingerprint density at radius 3 is 2.76 bits per heavy atom. The smallest absolute Gasteiger partial charge is 0.124 e. The van der Waals surface area contributed by atoms with E-state index in [1.165, 1.54) is 6.07 Å². The monoisotopic (exact) mass is 303 g/mol. The van der Waals surface area contributed by atoms with Crippen LogP contribution in [-0.2, 0) is 4.74 Å². The van der Waals surface area contributed by atoms with E-state index in [4.69, 9.17) is 4.74 Å². The van der Waals surface area contributed by atoms with Crippen molar-refractivity contribution in [2.45, 2.75) is 25.8 Å². The molecule has 0 saturated carbocycles. The molecule has 0 bridgehead atoms. The summed E-state index contributed by atoms with van der Waals surface area (Å²) in [4.78, 5) is 0. The molecule has 0 heterocycles. The van der Waals surface area contributed by atoms with E-state index in [2.05, 4.69) is 28.2 Å². The fraction of sp³-hybridized carbons (Fsp3) is 0.538. The van der Waals surface area contributed by atoms with Crippen LogP contribution in [0.4, 0.5) is 4.39 Å². The van der Waals surface area contributed by atoms with E-state index in [0.717, 1.165) is 36.0 Å². The van der Waals surface area contributed by atoms with Gasteiger partial charge >= 0.3 is 0 Å². The number of hydrogen-bond donors (Lipinski definition) is 1. The number of methoxy groups -OCH3 is 1. The molecule has 0 amide bonds. The molecule has 0 aliphatic heterocycles. The largest absolute Gasteiger partial charge is 0.385 e. The molecular weight excluding hydrogens is 285 g/mol. The van der Waals surface area contributed by atoms with E-state index in [9.17, 15) is 4.39 Å². The second kappa shape index (κ2) is 7.80. The van der Waals surface area contributed by atoms with Crippen LogP contribution in [0.3, 0.4) is 0 Å². The van der Waals surface area contributed by atoms with Crippen LogP contribution < -0.4 is 5.32 Å². The Bertz CT molecular complexity index is 326. The number of nitrogens with one attached hydrogen (secondary N) is 1. The molecule has 0 aromatic heterocycles. The SMILES string of the molecule is CCNC(CCCOC)c1cc(F)cc(Br)c1. The van der Waals surface area contributed by atoms with E-state index in [0.29, 0.717) is 0 Å². The maximum Gasteiger partial charge on any atom is 0.124 e. The van der Waals surface area contributed by atoms with Gasteiger partial charge in [-0.2, -0.15) is 0 Å². The molecule has 0 saturated heterocycles. The summed E-state index contributed by atoms with van der Waals surface area (Å²) in [5.41, 5.74) is 0.981. The molecule has 1 aromatic rings. The highest BCUT2D eigenvalue weighted by molar-refractivity contribution is 9.10. The highest BCUT2D eigenvalue weighted by Crippen LogP contribution is 2.23. The first-order valence-electron chi connectivity index (χ1n) is 5.85. The van der Waals surface area contributed by atoms with Gasteiger partial charge in [0, 0.05) is 24.2 Å². The zero-order valence-electron chi connectivity index (χ0n) is 10.3. The summed E-state index contributed by atoms with van der Waals surface area (Å²) < 4.78 is 19.2. The molecule has 1 atom stereocenters. The third-order valence-corrected chi connectivity index (χ3v) is 3.04. The van der Waals surface area contributed by atoms with Gasteiger partial charge in [-0.05, 0) is 43.1 Å². The Morgan fingerprint density at radius 1 is 1.41 bits per heavy atom. The maximum absolute atomic E-state index is 13.3. The number of benzene rings is 1. The summed E-state index contributed by atoms with van der Waals surface area (Å²) in [5, 5.41) is 3.37. The molecule has 96 valence electrons. The van der Waals surface area contributed by atoms with Crippen molar-refractivity contribution in [3.8, 4) is 0 Å². The van der Waals surface area contributed by atoms with Gasteiger partial charge in [-0.25, -0.2) is 4.39 Å². The fourth-order valence-corrected chi connectivity index (χ4v) is 2.32. The van der Waals surface area contributed by atoms with Gasteiger partial charge in [0.15, 0.2) is 0 Å². The van der Waals surface area contributed by atoms with E-state index >= 15 is 0 Å². The summed E-state index contributed by atoms with van der Waals surface area (Å²) in [6.07, 6.45) is 1.90. The Labute approximate surface area is 111 Å². The lowest BCUT2D eigenvalue weighted by Crippen LogP contribution is -2.21. The van der Waals surface area contributed by atoms with Crippen LogP contribution in [0, 0.1) is 5.82 Å². The number of hydrogen-bond acceptors (Lipinski definition) is 2. The first-order valence-corrected chi connectivity index (χ1v) is 6.65. The molecular formula is C13H19BrFNO. The molecule has 1 rings (SSSR count). The van der Waals surface area contributed by atoms with Gasteiger partial charge < -0.3 is 10.1 Å². The molecule has 0 radical (unpaired) electrons. The van der Waals surface area contributed by atoms with Gasteiger partial charge in [0.2, 0.25) is 0 Å². The summed E-state index contributed by atoms with van der Waals surface area (Å²) in [7, 11) is 1.70. The predicted molar refractivity (Wildman–Crippen MR) is 71.6 cm³/mol. The van der Waals surface area contributed by atoms with Crippen LogP contribution >= 0.6 is 15.9 Å². The van der Waals surface area contributed by atoms with Gasteiger partial charge in [0.1, 0.15) is 5.82 Å². The van der Waals surface area contributed by atoms with Gasteiger partial charge in [0.25, 0.3) is 0 Å². The summed E-state index contributed by atoms with van der Waals surface area (Å²) in [6, 6.07) is 5.21. The molecule has 0 fully saturated rings. The summed E-state index contributed by atoms with van der Waals surface area (Å²) in [6.45, 7) is 3.65. The van der Waals surface area contributed by atoms with E-state index in [-0.39, 0.29) is 11.9 Å². The normalized spacial score (nSPS) is 12.7. The molecule has 2 nitrogen and oxygen atoms in total. The van der Waals surface area contributed by atoms with Crippen LogP contribution in [0.25, 0.3) is 0 Å². The van der Waals surface area contributed by atoms with Crippen LogP contribution in [0.2, 0.25) is 0 Å². The average molecular weight is 304 g/mol. The van der Waals surface area contributed by atoms with Crippen molar-refractivity contribution in [1.82, 2.24) is 5.32 Å². The second-order valence-electron chi connectivity index (χ2n) is 3.95. The molecule has 0 aliphatic carbocycles. The number of rotatable bonds is 7. The molecule has 0 spiro atoms. The van der Waals surface area contributed by atoms with E-state index in [1.54, 1.807) is 13.2 Å². The fourth-order valence-electron chi connectivity index (χ4n) is 1.84. The summed E-state index contributed by atoms with van der Waals surface area (Å²) >= 11 is 3.32. The molecule has 4 heteroatoms. The lowest BCUT2D eigenvalue weighted by molar-refractivity contribution is 0.189. The zero-order valence-corrected chi connectivity index (χ0v) is 11.9. The third-order valence-electron chi connectivity index (χ3n) is 2.58. The van der Waals surface area contributed by atoms with Crippen molar-refractivity contribution in [1.29, 1.82) is 0 Å². The number of ether oxygens (including phenoxy) is 1. The first kappa shape index (κ1) is 14.6. The van der Waals surface area contributed by atoms with Crippen LogP contribution in [-0.4, -0.2) is 20.3 Å². The van der Waals surface area contributed by atoms with Crippen LogP contribution in [0.5, 0.6) is 0 Å². The third kappa shape index (κ3) is 5.15. The Kier molecular flexibility index (Phi) is 6.70. The predicted octanol–water partition coefficient (Wildman–Crippen LogP) is 3.67. The molecule has 1 N–H and O–H groups in total. The zero-order chi connectivity index (χ0) is 12.7. The lowest BCUT2D eigenvalue weighted by Gasteiger charge is -2.18. The highest BCUT2D eigenvalue weighted by atomic mass is 79.9. The minimum atomic E-state index is -0.205. The first-order chi connectivity index (χ1) is 8.17. The lowest BCUT2D eigenvalue weighted by atomic mass is 10.0. The second-order valence-corrected chi connectivity index (χ2v) is 4.86. The Hall–Kier alpha value is -0.450. The summed E-state index contributed by atoms with van der Waals surface area (Å²) in [5.74, 6) is -0.205. The Balaban J connectivity index is 2.73. The van der Waals surface area contributed by atoms with Crippen molar-refractivity contribution in [2.24, 2.45) is 0 Å². The topological polar surface area (TPSA) is 21.3 Å².